The summed E-state index contributed by atoms with van der Waals surface area (Å²) in [5.41, 5.74) is 0.440. The number of nitrogens with one attached hydrogen (secondary N) is 1. The molecule has 2 aromatic carbocycles. The van der Waals surface area contributed by atoms with Crippen LogP contribution < -0.4 is 5.32 Å². The number of carbonyl (C=O) groups is 1. The summed E-state index contributed by atoms with van der Waals surface area (Å²) in [6.07, 6.45) is -3.73. The smallest absolute Gasteiger partial charge is 0.394 e. The topological polar surface area (TPSA) is 76.4 Å². The number of alkyl halides is 3. The quantitative estimate of drug-likeness (QED) is 0.768. The minimum atomic E-state index is -4.47. The highest BCUT2D eigenvalue weighted by molar-refractivity contribution is 5.77. The molecule has 0 saturated carbocycles. The molecule has 0 aliphatic carbocycles. The van der Waals surface area contributed by atoms with Crippen molar-refractivity contribution in [1.29, 1.82) is 5.26 Å². The molecule has 0 unspecified atom stereocenters. The third kappa shape index (κ3) is 3.98. The predicted molar refractivity (Wildman–Crippen MR) is 105 cm³/mol. The lowest BCUT2D eigenvalue weighted by atomic mass is 9.75. The Morgan fingerprint density at radius 2 is 1.87 bits per heavy atom. The van der Waals surface area contributed by atoms with Crippen molar-refractivity contribution in [2.75, 3.05) is 13.2 Å². The van der Waals surface area contributed by atoms with Crippen LogP contribution in [0.1, 0.15) is 30.4 Å². The van der Waals surface area contributed by atoms with Crippen LogP contribution in [0.25, 0.3) is 11.1 Å². The molecule has 1 aliphatic rings. The maximum atomic E-state index is 13.3. The molecule has 2 N–H and O–H groups in total. The zero-order valence-corrected chi connectivity index (χ0v) is 16.4. The molecule has 8 heteroatoms. The Kier molecular flexibility index (Phi) is 6.32. The van der Waals surface area contributed by atoms with Crippen LogP contribution in [0, 0.1) is 11.3 Å². The number of nitriles is 1. The van der Waals surface area contributed by atoms with E-state index in [4.69, 9.17) is 0 Å². The van der Waals surface area contributed by atoms with Gasteiger partial charge in [-0.2, -0.15) is 18.4 Å². The highest BCUT2D eigenvalue weighted by Crippen LogP contribution is 2.42. The number of hydrogen-bond acceptors (Lipinski definition) is 3. The molecule has 158 valence electrons. The van der Waals surface area contributed by atoms with E-state index in [-0.39, 0.29) is 12.2 Å². The van der Waals surface area contributed by atoms with Gasteiger partial charge in [0.05, 0.1) is 24.3 Å². The number of nitrogens with zero attached hydrogens (tertiary/aromatic N) is 2. The van der Waals surface area contributed by atoms with Crippen molar-refractivity contribution in [3.8, 4) is 17.2 Å². The maximum Gasteiger partial charge on any atom is 0.417 e. The molecule has 3 atom stereocenters. The predicted octanol–water partition coefficient (Wildman–Crippen LogP) is 4.14. The van der Waals surface area contributed by atoms with Crippen molar-refractivity contribution in [2.24, 2.45) is 0 Å². The molecular formula is C22H22F3N3O2. The average Bonchev–Trinajstić information content (AvgIpc) is 2.72. The Bertz CT molecular complexity index is 938. The van der Waals surface area contributed by atoms with E-state index in [1.165, 1.54) is 17.0 Å². The molecule has 5 nitrogen and oxygen atoms in total. The zero-order valence-electron chi connectivity index (χ0n) is 16.4. The van der Waals surface area contributed by atoms with E-state index in [1.807, 2.05) is 6.92 Å². The van der Waals surface area contributed by atoms with Crippen LogP contribution in [-0.2, 0) is 6.18 Å². The monoisotopic (exact) mass is 417 g/mol. The molecule has 0 spiro atoms. The summed E-state index contributed by atoms with van der Waals surface area (Å²) >= 11 is 0. The van der Waals surface area contributed by atoms with E-state index in [2.05, 4.69) is 11.4 Å². The van der Waals surface area contributed by atoms with Crippen molar-refractivity contribution >= 4 is 6.03 Å². The Morgan fingerprint density at radius 3 is 2.43 bits per heavy atom. The van der Waals surface area contributed by atoms with Crippen LogP contribution in [0.5, 0.6) is 0 Å². The van der Waals surface area contributed by atoms with Gasteiger partial charge in [-0.1, -0.05) is 49.4 Å². The Morgan fingerprint density at radius 1 is 1.20 bits per heavy atom. The van der Waals surface area contributed by atoms with E-state index in [0.717, 1.165) is 12.5 Å². The SMILES string of the molecule is CCCNC(=O)N1[C@H](C#N)[C@H](c2ccc(-c3ccccc3C(F)(F)F)cc2)[C@H]1CO. The van der Waals surface area contributed by atoms with Gasteiger partial charge in [-0.3, -0.25) is 0 Å². The number of urea groups is 1. The first-order chi connectivity index (χ1) is 14.3. The first kappa shape index (κ1) is 21.7. The molecule has 1 heterocycles. The number of rotatable bonds is 5. The molecule has 1 aliphatic heterocycles. The van der Waals surface area contributed by atoms with Crippen LogP contribution in [-0.4, -0.2) is 41.3 Å². The highest BCUT2D eigenvalue weighted by atomic mass is 19.4. The number of aliphatic hydroxyl groups excluding tert-OH is 1. The fourth-order valence-corrected chi connectivity index (χ4v) is 3.88. The Labute approximate surface area is 172 Å². The van der Waals surface area contributed by atoms with E-state index in [9.17, 15) is 28.3 Å². The standard InChI is InChI=1S/C22H22F3N3O2/c1-2-11-27-21(30)28-18(12-26)20(19(28)13-29)15-9-7-14(8-10-15)16-5-3-4-6-17(16)22(23,24)25/h3-10,18-20,29H,2,11,13H2,1H3,(H,27,30)/t18-,19-,20+/m1/s1. The first-order valence-corrected chi connectivity index (χ1v) is 9.66. The first-order valence-electron chi connectivity index (χ1n) is 9.66. The molecule has 2 aromatic rings. The summed E-state index contributed by atoms with van der Waals surface area (Å²) in [4.78, 5) is 13.6. The van der Waals surface area contributed by atoms with Crippen molar-refractivity contribution in [2.45, 2.75) is 37.5 Å². The minimum absolute atomic E-state index is 0.0706. The second-order valence-corrected chi connectivity index (χ2v) is 7.15. The molecule has 2 amide bonds. The van der Waals surface area contributed by atoms with Gasteiger partial charge >= 0.3 is 12.2 Å². The lowest BCUT2D eigenvalue weighted by Gasteiger charge is -2.51. The Hall–Kier alpha value is -3.05. The summed E-state index contributed by atoms with van der Waals surface area (Å²) < 4.78 is 39.9. The van der Waals surface area contributed by atoms with Gasteiger partial charge in [0.15, 0.2) is 0 Å². The van der Waals surface area contributed by atoms with Gasteiger partial charge in [0.2, 0.25) is 0 Å². The van der Waals surface area contributed by atoms with Crippen LogP contribution in [0.3, 0.4) is 0 Å². The number of hydrogen-bond donors (Lipinski definition) is 2. The van der Waals surface area contributed by atoms with E-state index in [1.54, 1.807) is 30.3 Å². The third-order valence-electron chi connectivity index (χ3n) is 5.33. The third-order valence-corrected chi connectivity index (χ3v) is 5.33. The molecule has 1 saturated heterocycles. The number of amides is 2. The van der Waals surface area contributed by atoms with Gasteiger partial charge in [0.25, 0.3) is 0 Å². The molecule has 3 rings (SSSR count). The van der Waals surface area contributed by atoms with Crippen molar-refractivity contribution < 1.29 is 23.1 Å². The van der Waals surface area contributed by atoms with Crippen LogP contribution in [0.4, 0.5) is 18.0 Å². The van der Waals surface area contributed by atoms with Gasteiger partial charge < -0.3 is 15.3 Å². The fraction of sp³-hybridized carbons (Fsp3) is 0.364. The van der Waals surface area contributed by atoms with Gasteiger partial charge in [-0.25, -0.2) is 4.79 Å². The van der Waals surface area contributed by atoms with E-state index in [0.29, 0.717) is 17.7 Å². The second-order valence-electron chi connectivity index (χ2n) is 7.15. The molecule has 0 bridgehead atoms. The summed E-state index contributed by atoms with van der Waals surface area (Å²) in [6, 6.07) is 12.2. The van der Waals surface area contributed by atoms with Gasteiger partial charge in [-0.15, -0.1) is 0 Å². The Balaban J connectivity index is 1.87. The summed E-state index contributed by atoms with van der Waals surface area (Å²) in [6.45, 7) is 2.05. The van der Waals surface area contributed by atoms with E-state index < -0.39 is 35.8 Å². The lowest BCUT2D eigenvalue weighted by molar-refractivity contribution is -0.137. The number of aliphatic hydroxyl groups is 1. The van der Waals surface area contributed by atoms with Gasteiger partial charge in [0.1, 0.15) is 6.04 Å². The minimum Gasteiger partial charge on any atom is -0.394 e. The van der Waals surface area contributed by atoms with Crippen molar-refractivity contribution in [3.63, 3.8) is 0 Å². The lowest BCUT2D eigenvalue weighted by Crippen LogP contribution is -2.67. The normalized spacial score (nSPS) is 20.9. The highest BCUT2D eigenvalue weighted by Gasteiger charge is 2.51. The molecular weight excluding hydrogens is 395 g/mol. The number of halogens is 3. The summed E-state index contributed by atoms with van der Waals surface area (Å²) in [5.74, 6) is -0.417. The second kappa shape index (κ2) is 8.76. The van der Waals surface area contributed by atoms with Gasteiger partial charge in [-0.05, 0) is 29.2 Å². The van der Waals surface area contributed by atoms with Crippen LogP contribution >= 0.6 is 0 Å². The van der Waals surface area contributed by atoms with Gasteiger partial charge in [0, 0.05) is 12.5 Å². The van der Waals surface area contributed by atoms with E-state index >= 15 is 0 Å². The van der Waals surface area contributed by atoms with Crippen LogP contribution in [0.2, 0.25) is 0 Å². The number of carbonyl (C=O) groups excluding carboxylic acids is 1. The fourth-order valence-electron chi connectivity index (χ4n) is 3.88. The average molecular weight is 417 g/mol. The molecule has 30 heavy (non-hydrogen) atoms. The molecule has 0 radical (unpaired) electrons. The van der Waals surface area contributed by atoms with Crippen molar-refractivity contribution in [1.82, 2.24) is 10.2 Å². The zero-order chi connectivity index (χ0) is 21.9. The molecule has 0 aromatic heterocycles. The number of benzene rings is 2. The van der Waals surface area contributed by atoms with Crippen LogP contribution in [0.15, 0.2) is 48.5 Å². The largest absolute Gasteiger partial charge is 0.417 e. The summed E-state index contributed by atoms with van der Waals surface area (Å²) in [5, 5.41) is 22.0. The maximum absolute atomic E-state index is 13.3. The summed E-state index contributed by atoms with van der Waals surface area (Å²) in [7, 11) is 0. The number of likely N-dealkylation sites (tertiary alicyclic amines) is 1. The van der Waals surface area contributed by atoms with Crippen molar-refractivity contribution in [3.05, 3.63) is 59.7 Å². The molecule has 1 fully saturated rings.